The van der Waals surface area contributed by atoms with E-state index in [1.807, 2.05) is 38.1 Å². The van der Waals surface area contributed by atoms with Crippen molar-refractivity contribution >= 4 is 39.9 Å². The largest absolute Gasteiger partial charge is 0.355 e. The Hall–Kier alpha value is -4.61. The van der Waals surface area contributed by atoms with Gasteiger partial charge in [0.05, 0.1) is 48.5 Å². The number of rotatable bonds is 6. The van der Waals surface area contributed by atoms with Crippen LogP contribution in [0.15, 0.2) is 58.1 Å². The first kappa shape index (κ1) is 29.4. The summed E-state index contributed by atoms with van der Waals surface area (Å²) in [6, 6.07) is 13.8. The molecule has 0 bridgehead atoms. The van der Waals surface area contributed by atoms with E-state index in [2.05, 4.69) is 10.6 Å². The van der Waals surface area contributed by atoms with E-state index in [0.717, 1.165) is 16.5 Å². The minimum atomic E-state index is -0.424. The molecule has 3 heterocycles. The summed E-state index contributed by atoms with van der Waals surface area (Å²) >= 11 is 0. The van der Waals surface area contributed by atoms with Crippen molar-refractivity contribution in [1.82, 2.24) is 19.8 Å². The van der Waals surface area contributed by atoms with E-state index in [9.17, 15) is 24.0 Å². The normalized spacial score (nSPS) is 13.1. The van der Waals surface area contributed by atoms with Gasteiger partial charge in [0.15, 0.2) is 6.29 Å². The predicted octanol–water partition coefficient (Wildman–Crippen LogP) is 1.91. The predicted molar refractivity (Wildman–Crippen MR) is 154 cm³/mol. The van der Waals surface area contributed by atoms with Gasteiger partial charge in [-0.05, 0) is 37.1 Å². The molecule has 2 aromatic carbocycles. The van der Waals surface area contributed by atoms with Gasteiger partial charge in [0, 0.05) is 37.0 Å². The zero-order valence-electron chi connectivity index (χ0n) is 23.4. The second-order valence-electron chi connectivity index (χ2n) is 9.55. The van der Waals surface area contributed by atoms with Gasteiger partial charge in [0.2, 0.25) is 0 Å². The lowest BCUT2D eigenvalue weighted by molar-refractivity contribution is -0.108. The van der Waals surface area contributed by atoms with Gasteiger partial charge >= 0.3 is 0 Å². The van der Waals surface area contributed by atoms with E-state index < -0.39 is 6.29 Å². The van der Waals surface area contributed by atoms with Gasteiger partial charge in [-0.3, -0.25) is 19.2 Å². The van der Waals surface area contributed by atoms with Gasteiger partial charge in [-0.1, -0.05) is 24.3 Å². The SMILES string of the molecule is CNC(=O)c1cc(=O)n(CC2OCCO2)c2cc(C)ccc12.CNC(=O)c1cc(=O)n(CC=O)c2cc(C)ccc12. The highest BCUT2D eigenvalue weighted by Crippen LogP contribution is 2.21. The molecule has 0 radical (unpaired) electrons. The van der Waals surface area contributed by atoms with Crippen molar-refractivity contribution in [2.75, 3.05) is 27.3 Å². The minimum Gasteiger partial charge on any atom is -0.355 e. The molecule has 0 saturated carbocycles. The van der Waals surface area contributed by atoms with Crippen molar-refractivity contribution in [3.8, 4) is 0 Å². The highest BCUT2D eigenvalue weighted by molar-refractivity contribution is 6.07. The third kappa shape index (κ3) is 6.26. The van der Waals surface area contributed by atoms with Crippen LogP contribution in [0.5, 0.6) is 0 Å². The highest BCUT2D eigenvalue weighted by Gasteiger charge is 2.20. The van der Waals surface area contributed by atoms with Gasteiger partial charge < -0.3 is 34.0 Å². The number of hydrogen-bond acceptors (Lipinski definition) is 7. The van der Waals surface area contributed by atoms with Crippen LogP contribution in [0.25, 0.3) is 21.8 Å². The van der Waals surface area contributed by atoms with Crippen molar-refractivity contribution in [1.29, 1.82) is 0 Å². The molecule has 214 valence electrons. The summed E-state index contributed by atoms with van der Waals surface area (Å²) in [5, 5.41) is 6.48. The Kier molecular flexibility index (Phi) is 9.10. The summed E-state index contributed by atoms with van der Waals surface area (Å²) in [7, 11) is 3.06. The van der Waals surface area contributed by atoms with E-state index in [1.54, 1.807) is 23.7 Å². The lowest BCUT2D eigenvalue weighted by Crippen LogP contribution is -2.29. The van der Waals surface area contributed by atoms with Crippen LogP contribution < -0.4 is 21.8 Å². The van der Waals surface area contributed by atoms with Crippen LogP contribution in [0.3, 0.4) is 0 Å². The number of carbonyl (C=O) groups is 3. The molecule has 1 aliphatic rings. The van der Waals surface area contributed by atoms with Crippen LogP contribution in [-0.4, -0.2) is 60.8 Å². The Balaban J connectivity index is 0.000000191. The van der Waals surface area contributed by atoms with Crippen molar-refractivity contribution in [3.63, 3.8) is 0 Å². The topological polar surface area (TPSA) is 138 Å². The summed E-state index contributed by atoms with van der Waals surface area (Å²) in [6.07, 6.45) is 0.246. The van der Waals surface area contributed by atoms with Gasteiger partial charge in [0.25, 0.3) is 22.9 Å². The molecule has 1 fully saturated rings. The number of aryl methyl sites for hydroxylation is 2. The molecule has 2 aromatic heterocycles. The molecule has 41 heavy (non-hydrogen) atoms. The number of pyridine rings is 2. The van der Waals surface area contributed by atoms with E-state index in [4.69, 9.17) is 9.47 Å². The number of carbonyl (C=O) groups excluding carboxylic acids is 3. The number of aromatic nitrogens is 2. The van der Waals surface area contributed by atoms with Crippen molar-refractivity contribution in [2.45, 2.75) is 33.2 Å². The van der Waals surface area contributed by atoms with Gasteiger partial charge in [-0.15, -0.1) is 0 Å². The number of benzene rings is 2. The standard InChI is InChI=1S/C16H18N2O4.C14H14N2O3/c1-10-3-4-11-12(16(20)17-2)8-14(19)18(13(11)7-10)9-15-21-5-6-22-15;1-9-3-4-10-11(14(19)15-2)8-13(18)16(5-6-17)12(10)7-9/h3-4,7-8,15H,5-6,9H2,1-2H3,(H,17,20);3-4,6-8H,5H2,1-2H3,(H,15,19). The first-order valence-electron chi connectivity index (χ1n) is 13.1. The van der Waals surface area contributed by atoms with Crippen molar-refractivity contribution in [2.24, 2.45) is 0 Å². The first-order valence-corrected chi connectivity index (χ1v) is 13.1. The van der Waals surface area contributed by atoms with E-state index in [-0.39, 0.29) is 29.5 Å². The Bertz CT molecular complexity index is 1750. The Labute approximate surface area is 235 Å². The summed E-state index contributed by atoms with van der Waals surface area (Å²) < 4.78 is 13.8. The van der Waals surface area contributed by atoms with Crippen LogP contribution in [-0.2, 0) is 27.4 Å². The summed E-state index contributed by atoms with van der Waals surface area (Å²) in [4.78, 5) is 59.0. The fourth-order valence-corrected chi connectivity index (χ4v) is 4.74. The number of fused-ring (bicyclic) bond motifs is 2. The molecule has 1 saturated heterocycles. The van der Waals surface area contributed by atoms with Crippen molar-refractivity contribution in [3.05, 3.63) is 91.5 Å². The fraction of sp³-hybridized carbons (Fsp3) is 0.300. The fourth-order valence-electron chi connectivity index (χ4n) is 4.74. The first-order chi connectivity index (χ1) is 19.7. The number of amides is 2. The third-order valence-electron chi connectivity index (χ3n) is 6.76. The van der Waals surface area contributed by atoms with Gasteiger partial charge in [0.1, 0.15) is 6.29 Å². The van der Waals surface area contributed by atoms with Gasteiger partial charge in [-0.25, -0.2) is 0 Å². The van der Waals surface area contributed by atoms with Gasteiger partial charge in [-0.2, -0.15) is 0 Å². The molecule has 5 rings (SSSR count). The van der Waals surface area contributed by atoms with Crippen LogP contribution in [0, 0.1) is 13.8 Å². The molecule has 1 aliphatic heterocycles. The lowest BCUT2D eigenvalue weighted by atomic mass is 10.1. The lowest BCUT2D eigenvalue weighted by Gasteiger charge is -2.16. The molecule has 0 aliphatic carbocycles. The van der Waals surface area contributed by atoms with Crippen LogP contribution in [0.1, 0.15) is 31.8 Å². The number of nitrogens with zero attached hydrogens (tertiary/aromatic N) is 2. The van der Waals surface area contributed by atoms with Crippen LogP contribution in [0.4, 0.5) is 0 Å². The summed E-state index contributed by atoms with van der Waals surface area (Å²) in [5.74, 6) is -0.587. The molecule has 4 aromatic rings. The maximum atomic E-state index is 12.4. The average molecular weight is 561 g/mol. The van der Waals surface area contributed by atoms with E-state index in [1.165, 1.54) is 23.7 Å². The molecule has 0 unspecified atom stereocenters. The number of hydrogen-bond donors (Lipinski definition) is 2. The van der Waals surface area contributed by atoms with Crippen LogP contribution >= 0.6 is 0 Å². The molecule has 11 heteroatoms. The molecular formula is C30H32N4O7. The highest BCUT2D eigenvalue weighted by atomic mass is 16.7. The molecule has 11 nitrogen and oxygen atoms in total. The Morgan fingerprint density at radius 2 is 1.27 bits per heavy atom. The average Bonchev–Trinajstić information content (AvgIpc) is 3.48. The molecule has 0 atom stereocenters. The van der Waals surface area contributed by atoms with E-state index in [0.29, 0.717) is 53.6 Å². The second kappa shape index (κ2) is 12.7. The van der Waals surface area contributed by atoms with Crippen molar-refractivity contribution < 1.29 is 23.9 Å². The molecule has 0 spiro atoms. The minimum absolute atomic E-state index is 0.0210. The Morgan fingerprint density at radius 1 is 0.805 bits per heavy atom. The monoisotopic (exact) mass is 560 g/mol. The van der Waals surface area contributed by atoms with E-state index >= 15 is 0 Å². The maximum absolute atomic E-state index is 12.4. The Morgan fingerprint density at radius 3 is 1.73 bits per heavy atom. The second-order valence-corrected chi connectivity index (χ2v) is 9.55. The molecule has 2 amide bonds. The quantitative estimate of drug-likeness (QED) is 0.344. The number of aldehydes is 1. The molecular weight excluding hydrogens is 528 g/mol. The number of nitrogens with one attached hydrogen (secondary N) is 2. The zero-order valence-corrected chi connectivity index (χ0v) is 23.4. The zero-order chi connectivity index (χ0) is 29.7. The maximum Gasteiger partial charge on any atom is 0.252 e. The summed E-state index contributed by atoms with van der Waals surface area (Å²) in [6.45, 7) is 5.20. The van der Waals surface area contributed by atoms with Crippen LogP contribution in [0.2, 0.25) is 0 Å². The summed E-state index contributed by atoms with van der Waals surface area (Å²) in [5.41, 5.74) is 3.39. The smallest absolute Gasteiger partial charge is 0.252 e. The molecule has 2 N–H and O–H groups in total. The third-order valence-corrected chi connectivity index (χ3v) is 6.76. The number of ether oxygens (including phenoxy) is 2.